The van der Waals surface area contributed by atoms with E-state index in [9.17, 15) is 18.0 Å². The fourth-order valence-electron chi connectivity index (χ4n) is 3.34. The highest BCUT2D eigenvalue weighted by Crippen LogP contribution is 2.38. The van der Waals surface area contributed by atoms with Gasteiger partial charge in [0.25, 0.3) is 0 Å². The molecule has 0 aliphatic carbocycles. The molecular weight excluding hydrogens is 420 g/mol. The van der Waals surface area contributed by atoms with Crippen LogP contribution in [0.2, 0.25) is 0 Å². The molecule has 1 unspecified atom stereocenters. The molecule has 2 N–H and O–H groups in total. The van der Waals surface area contributed by atoms with E-state index in [1.54, 1.807) is 12.1 Å². The lowest BCUT2D eigenvalue weighted by molar-refractivity contribution is -0.116. The number of anilines is 2. The second-order valence-corrected chi connectivity index (χ2v) is 10.6. The van der Waals surface area contributed by atoms with Gasteiger partial charge in [0.15, 0.2) is 9.84 Å². The number of thioether (sulfide) groups is 1. The van der Waals surface area contributed by atoms with Gasteiger partial charge in [0.2, 0.25) is 11.8 Å². The van der Waals surface area contributed by atoms with Gasteiger partial charge in [-0.2, -0.15) is 0 Å². The number of carbonyl (C=O) groups excluding carboxylic acids is 2. The molecule has 0 aromatic heterocycles. The first-order chi connectivity index (χ1) is 14.2. The normalized spacial score (nSPS) is 16.0. The van der Waals surface area contributed by atoms with E-state index in [1.165, 1.54) is 17.8 Å². The lowest BCUT2D eigenvalue weighted by Gasteiger charge is -2.23. The number of fused-ring (bicyclic) bond motifs is 1. The van der Waals surface area contributed by atoms with E-state index >= 15 is 0 Å². The van der Waals surface area contributed by atoms with Gasteiger partial charge in [-0.25, -0.2) is 8.42 Å². The molecule has 1 aliphatic rings. The van der Waals surface area contributed by atoms with Gasteiger partial charge in [-0.15, -0.1) is 11.8 Å². The van der Waals surface area contributed by atoms with Gasteiger partial charge in [0.05, 0.1) is 21.6 Å². The Morgan fingerprint density at radius 2 is 1.97 bits per heavy atom. The van der Waals surface area contributed by atoms with Gasteiger partial charge in [-0.1, -0.05) is 32.0 Å². The average Bonchev–Trinajstić information content (AvgIpc) is 2.72. The first kappa shape index (κ1) is 22.4. The van der Waals surface area contributed by atoms with Crippen LogP contribution in [0.4, 0.5) is 11.4 Å². The Hall–Kier alpha value is -2.32. The van der Waals surface area contributed by atoms with Crippen LogP contribution in [0.3, 0.4) is 0 Å². The van der Waals surface area contributed by atoms with Crippen LogP contribution in [-0.4, -0.2) is 31.2 Å². The van der Waals surface area contributed by atoms with Crippen molar-refractivity contribution in [2.45, 2.75) is 55.1 Å². The highest BCUT2D eigenvalue weighted by molar-refractivity contribution is 8.01. The standard InChI is InChI=1S/C22H26N2O4S2/c1-4-15-8-6-7-14(3)21(15)24-20(25)11-12-30(27,28)16-9-10-19-17(13-16)23-22(26)18(5-2)29-19/h6-10,13,18H,4-5,11-12H2,1-3H3,(H,23,26)(H,24,25). The summed E-state index contributed by atoms with van der Waals surface area (Å²) in [4.78, 5) is 25.5. The van der Waals surface area contributed by atoms with Crippen LogP contribution in [-0.2, 0) is 25.8 Å². The predicted octanol–water partition coefficient (Wildman–Crippen LogP) is 4.18. The molecule has 8 heteroatoms. The first-order valence-corrected chi connectivity index (χ1v) is 12.5. The third-order valence-corrected chi connectivity index (χ3v) is 8.26. The summed E-state index contributed by atoms with van der Waals surface area (Å²) in [5.41, 5.74) is 3.22. The van der Waals surface area contributed by atoms with Crippen LogP contribution in [0, 0.1) is 6.92 Å². The quantitative estimate of drug-likeness (QED) is 0.666. The summed E-state index contributed by atoms with van der Waals surface area (Å²) in [5.74, 6) is -0.757. The SMILES string of the molecule is CCc1cccc(C)c1NC(=O)CCS(=O)(=O)c1ccc2c(c1)NC(=O)C(CC)S2. The first-order valence-electron chi connectivity index (χ1n) is 9.97. The molecular formula is C22H26N2O4S2. The second-order valence-electron chi connectivity index (χ2n) is 7.24. The molecule has 160 valence electrons. The molecule has 0 spiro atoms. The number of hydrogen-bond donors (Lipinski definition) is 2. The molecule has 1 heterocycles. The van der Waals surface area contributed by atoms with Crippen LogP contribution in [0.5, 0.6) is 0 Å². The molecule has 6 nitrogen and oxygen atoms in total. The van der Waals surface area contributed by atoms with Gasteiger partial charge >= 0.3 is 0 Å². The van der Waals surface area contributed by atoms with Crippen molar-refractivity contribution in [3.63, 3.8) is 0 Å². The molecule has 0 radical (unpaired) electrons. The van der Waals surface area contributed by atoms with Gasteiger partial charge < -0.3 is 10.6 Å². The van der Waals surface area contributed by atoms with Crippen LogP contribution < -0.4 is 10.6 Å². The molecule has 30 heavy (non-hydrogen) atoms. The number of rotatable bonds is 7. The predicted molar refractivity (Wildman–Crippen MR) is 121 cm³/mol. The molecule has 3 rings (SSSR count). The Labute approximate surface area is 181 Å². The maximum atomic E-state index is 12.8. The van der Waals surface area contributed by atoms with Gasteiger partial charge in [-0.05, 0) is 49.1 Å². The summed E-state index contributed by atoms with van der Waals surface area (Å²) in [6.45, 7) is 5.85. The van der Waals surface area contributed by atoms with Crippen molar-refractivity contribution in [2.24, 2.45) is 0 Å². The summed E-state index contributed by atoms with van der Waals surface area (Å²) in [5, 5.41) is 5.47. The fourth-order valence-corrected chi connectivity index (χ4v) is 5.63. The smallest absolute Gasteiger partial charge is 0.237 e. The molecule has 1 aliphatic heterocycles. The summed E-state index contributed by atoms with van der Waals surface area (Å²) in [7, 11) is -3.66. The maximum absolute atomic E-state index is 12.8. The summed E-state index contributed by atoms with van der Waals surface area (Å²) >= 11 is 1.44. The highest BCUT2D eigenvalue weighted by atomic mass is 32.2. The maximum Gasteiger partial charge on any atom is 0.237 e. The second kappa shape index (κ2) is 9.22. The largest absolute Gasteiger partial charge is 0.326 e. The number of sulfone groups is 1. The van der Waals surface area contributed by atoms with Crippen molar-refractivity contribution >= 4 is 44.8 Å². The molecule has 2 aromatic rings. The number of aryl methyl sites for hydroxylation is 2. The van der Waals surface area contributed by atoms with Crippen LogP contribution in [0.25, 0.3) is 0 Å². The lowest BCUT2D eigenvalue weighted by atomic mass is 10.1. The van der Waals surface area contributed by atoms with Crippen LogP contribution in [0.15, 0.2) is 46.2 Å². The molecule has 0 saturated heterocycles. The van der Waals surface area contributed by atoms with Crippen molar-refractivity contribution in [1.82, 2.24) is 0 Å². The Morgan fingerprint density at radius 3 is 2.67 bits per heavy atom. The van der Waals surface area contributed by atoms with Gasteiger partial charge in [0, 0.05) is 17.0 Å². The van der Waals surface area contributed by atoms with Crippen LogP contribution >= 0.6 is 11.8 Å². The minimum Gasteiger partial charge on any atom is -0.326 e. The van der Waals surface area contributed by atoms with Crippen molar-refractivity contribution in [3.05, 3.63) is 47.5 Å². The van der Waals surface area contributed by atoms with E-state index in [4.69, 9.17) is 0 Å². The van der Waals surface area contributed by atoms with Crippen LogP contribution in [0.1, 0.15) is 37.8 Å². The monoisotopic (exact) mass is 446 g/mol. The van der Waals surface area contributed by atoms with E-state index in [0.717, 1.165) is 28.1 Å². The molecule has 0 fully saturated rings. The van der Waals surface area contributed by atoms with Crippen molar-refractivity contribution in [2.75, 3.05) is 16.4 Å². The number of carbonyl (C=O) groups is 2. The minimum absolute atomic E-state index is 0.107. The molecule has 2 aromatic carbocycles. The Kier molecular flexibility index (Phi) is 6.88. The Morgan fingerprint density at radius 1 is 1.20 bits per heavy atom. The number of nitrogens with one attached hydrogen (secondary N) is 2. The summed E-state index contributed by atoms with van der Waals surface area (Å²) in [6, 6.07) is 10.5. The van der Waals surface area contributed by atoms with Gasteiger partial charge in [0.1, 0.15) is 0 Å². The third-order valence-electron chi connectivity index (χ3n) is 5.10. The van der Waals surface area contributed by atoms with Crippen molar-refractivity contribution < 1.29 is 18.0 Å². The lowest BCUT2D eigenvalue weighted by Crippen LogP contribution is -2.28. The number of amides is 2. The number of benzene rings is 2. The Balaban J connectivity index is 1.70. The average molecular weight is 447 g/mol. The molecule has 1 atom stereocenters. The zero-order valence-corrected chi connectivity index (χ0v) is 19.0. The molecule has 0 bridgehead atoms. The molecule has 0 saturated carbocycles. The number of hydrogen-bond acceptors (Lipinski definition) is 5. The summed E-state index contributed by atoms with van der Waals surface area (Å²) < 4.78 is 25.5. The van der Waals surface area contributed by atoms with E-state index < -0.39 is 9.84 Å². The van der Waals surface area contributed by atoms with E-state index in [-0.39, 0.29) is 34.1 Å². The van der Waals surface area contributed by atoms with E-state index in [1.807, 2.05) is 39.0 Å². The topological polar surface area (TPSA) is 92.3 Å². The van der Waals surface area contributed by atoms with Crippen molar-refractivity contribution in [1.29, 1.82) is 0 Å². The fraction of sp³-hybridized carbons (Fsp3) is 0.364. The third kappa shape index (κ3) is 4.87. The van der Waals surface area contributed by atoms with Crippen molar-refractivity contribution in [3.8, 4) is 0 Å². The highest BCUT2D eigenvalue weighted by Gasteiger charge is 2.27. The summed E-state index contributed by atoms with van der Waals surface area (Å²) in [6.07, 6.45) is 1.33. The zero-order chi connectivity index (χ0) is 21.9. The molecule has 2 amide bonds. The van der Waals surface area contributed by atoms with E-state index in [2.05, 4.69) is 10.6 Å². The van der Waals surface area contributed by atoms with Gasteiger partial charge in [-0.3, -0.25) is 9.59 Å². The Bertz CT molecular complexity index is 1080. The van der Waals surface area contributed by atoms with E-state index in [0.29, 0.717) is 12.1 Å². The minimum atomic E-state index is -3.66. The zero-order valence-electron chi connectivity index (χ0n) is 17.3. The number of para-hydroxylation sites is 1.